The van der Waals surface area contributed by atoms with Gasteiger partial charge in [-0.05, 0) is 53.9 Å². The smallest absolute Gasteiger partial charge is 0.256 e. The summed E-state index contributed by atoms with van der Waals surface area (Å²) in [4.78, 5) is 16.3. The summed E-state index contributed by atoms with van der Waals surface area (Å²) >= 11 is 0. The first kappa shape index (κ1) is 17.6. The van der Waals surface area contributed by atoms with Crippen molar-refractivity contribution in [3.63, 3.8) is 0 Å². The lowest BCUT2D eigenvalue weighted by Gasteiger charge is -2.10. The zero-order valence-electron chi connectivity index (χ0n) is 14.7. The fraction of sp³-hybridized carbons (Fsp3) is 0.143. The Morgan fingerprint density at radius 1 is 1.00 bits per heavy atom. The molecule has 0 saturated carbocycles. The number of benzene rings is 2. The number of carbonyl (C=O) groups excluding carboxylic acids is 1. The summed E-state index contributed by atoms with van der Waals surface area (Å²) in [6.07, 6.45) is 1.64. The molecule has 0 aliphatic rings. The largest absolute Gasteiger partial charge is 0.354 e. The molecule has 132 valence electrons. The number of carbonyl (C=O) groups is 1. The van der Waals surface area contributed by atoms with Gasteiger partial charge in [0.25, 0.3) is 5.91 Å². The number of hydrogen-bond donors (Lipinski definition) is 2. The van der Waals surface area contributed by atoms with E-state index < -0.39 is 11.7 Å². The third kappa shape index (κ3) is 4.45. The van der Waals surface area contributed by atoms with Crippen molar-refractivity contribution in [2.45, 2.75) is 19.8 Å². The molecule has 0 saturated heterocycles. The van der Waals surface area contributed by atoms with Gasteiger partial charge in [0.15, 0.2) is 0 Å². The lowest BCUT2D eigenvalue weighted by molar-refractivity contribution is 0.102. The van der Waals surface area contributed by atoms with Crippen molar-refractivity contribution in [2.75, 3.05) is 10.6 Å². The van der Waals surface area contributed by atoms with Crippen molar-refractivity contribution in [1.29, 1.82) is 0 Å². The van der Waals surface area contributed by atoms with E-state index in [2.05, 4.69) is 41.6 Å². The van der Waals surface area contributed by atoms with Crippen LogP contribution in [0.3, 0.4) is 0 Å². The van der Waals surface area contributed by atoms with Crippen molar-refractivity contribution in [1.82, 2.24) is 4.98 Å². The van der Waals surface area contributed by atoms with E-state index >= 15 is 0 Å². The zero-order valence-corrected chi connectivity index (χ0v) is 14.7. The Kier molecular flexibility index (Phi) is 5.27. The highest BCUT2D eigenvalue weighted by molar-refractivity contribution is 6.03. The van der Waals surface area contributed by atoms with Crippen molar-refractivity contribution >= 4 is 23.1 Å². The summed E-state index contributed by atoms with van der Waals surface area (Å²) in [5, 5.41) is 5.92. The minimum atomic E-state index is -0.450. The first-order valence-corrected chi connectivity index (χ1v) is 8.41. The standard InChI is InChI=1S/C21H20FN3O/c1-14(2)15-6-8-18(9-7-15)24-19-10-11-20(23-13-19)25-21(26)16-4-3-5-17(22)12-16/h3-14,24H,1-2H3,(H,23,25,26). The molecule has 5 heteroatoms. The lowest BCUT2D eigenvalue weighted by Crippen LogP contribution is -2.13. The molecule has 0 aliphatic carbocycles. The van der Waals surface area contributed by atoms with Crippen molar-refractivity contribution in [3.05, 3.63) is 83.8 Å². The predicted molar refractivity (Wildman–Crippen MR) is 102 cm³/mol. The van der Waals surface area contributed by atoms with E-state index in [0.29, 0.717) is 11.7 Å². The quantitative estimate of drug-likeness (QED) is 0.654. The van der Waals surface area contributed by atoms with E-state index in [1.54, 1.807) is 18.3 Å². The van der Waals surface area contributed by atoms with Gasteiger partial charge < -0.3 is 10.6 Å². The number of pyridine rings is 1. The Hall–Kier alpha value is -3.21. The Bertz CT molecular complexity index is 890. The first-order valence-electron chi connectivity index (χ1n) is 8.41. The maximum absolute atomic E-state index is 13.2. The number of hydrogen-bond acceptors (Lipinski definition) is 3. The van der Waals surface area contributed by atoms with E-state index in [-0.39, 0.29) is 5.56 Å². The van der Waals surface area contributed by atoms with Gasteiger partial charge in [-0.25, -0.2) is 9.37 Å². The minimum absolute atomic E-state index is 0.249. The van der Waals surface area contributed by atoms with Gasteiger partial charge in [-0.3, -0.25) is 4.79 Å². The third-order valence-electron chi connectivity index (χ3n) is 3.96. The highest BCUT2D eigenvalue weighted by Crippen LogP contribution is 2.21. The third-order valence-corrected chi connectivity index (χ3v) is 3.96. The van der Waals surface area contributed by atoms with E-state index in [0.717, 1.165) is 11.4 Å². The van der Waals surface area contributed by atoms with Gasteiger partial charge in [-0.2, -0.15) is 0 Å². The highest BCUT2D eigenvalue weighted by atomic mass is 19.1. The van der Waals surface area contributed by atoms with Crippen molar-refractivity contribution in [3.8, 4) is 0 Å². The van der Waals surface area contributed by atoms with Gasteiger partial charge in [0.2, 0.25) is 0 Å². The molecule has 3 aromatic rings. The number of amides is 1. The Morgan fingerprint density at radius 3 is 2.35 bits per heavy atom. The Labute approximate surface area is 152 Å². The summed E-state index contributed by atoms with van der Waals surface area (Å²) in [6.45, 7) is 4.31. The van der Waals surface area contributed by atoms with Crippen LogP contribution in [0, 0.1) is 5.82 Å². The maximum Gasteiger partial charge on any atom is 0.256 e. The molecule has 0 aliphatic heterocycles. The molecule has 1 heterocycles. The number of aromatic nitrogens is 1. The average molecular weight is 349 g/mol. The molecule has 4 nitrogen and oxygen atoms in total. The second-order valence-corrected chi connectivity index (χ2v) is 6.30. The predicted octanol–water partition coefficient (Wildman–Crippen LogP) is 5.34. The summed E-state index contributed by atoms with van der Waals surface area (Å²) < 4.78 is 13.2. The summed E-state index contributed by atoms with van der Waals surface area (Å²) in [6, 6.07) is 17.3. The normalized spacial score (nSPS) is 10.6. The van der Waals surface area contributed by atoms with Gasteiger partial charge in [0, 0.05) is 11.3 Å². The molecule has 0 atom stereocenters. The lowest BCUT2D eigenvalue weighted by atomic mass is 10.0. The van der Waals surface area contributed by atoms with Crippen LogP contribution in [-0.4, -0.2) is 10.9 Å². The molecule has 2 aromatic carbocycles. The van der Waals surface area contributed by atoms with E-state index in [9.17, 15) is 9.18 Å². The molecule has 2 N–H and O–H groups in total. The van der Waals surface area contributed by atoms with Crippen LogP contribution < -0.4 is 10.6 Å². The van der Waals surface area contributed by atoms with Crippen LogP contribution in [0.5, 0.6) is 0 Å². The van der Waals surface area contributed by atoms with Crippen LogP contribution in [0.4, 0.5) is 21.6 Å². The second kappa shape index (κ2) is 7.78. The molecule has 0 unspecified atom stereocenters. The molecular formula is C21H20FN3O. The summed E-state index contributed by atoms with van der Waals surface area (Å²) in [5.74, 6) is 0.0438. The van der Waals surface area contributed by atoms with E-state index in [1.165, 1.54) is 23.8 Å². The minimum Gasteiger partial charge on any atom is -0.354 e. The fourth-order valence-corrected chi connectivity index (χ4v) is 2.48. The van der Waals surface area contributed by atoms with Crippen LogP contribution in [-0.2, 0) is 0 Å². The molecule has 0 fully saturated rings. The zero-order chi connectivity index (χ0) is 18.5. The molecular weight excluding hydrogens is 329 g/mol. The summed E-state index contributed by atoms with van der Waals surface area (Å²) in [7, 11) is 0. The number of nitrogens with zero attached hydrogens (tertiary/aromatic N) is 1. The molecule has 1 amide bonds. The van der Waals surface area contributed by atoms with Crippen LogP contribution in [0.2, 0.25) is 0 Å². The second-order valence-electron chi connectivity index (χ2n) is 6.30. The van der Waals surface area contributed by atoms with E-state index in [1.807, 2.05) is 18.2 Å². The first-order chi connectivity index (χ1) is 12.5. The average Bonchev–Trinajstić information content (AvgIpc) is 2.64. The van der Waals surface area contributed by atoms with Gasteiger partial charge in [0.1, 0.15) is 11.6 Å². The number of anilines is 3. The highest BCUT2D eigenvalue weighted by Gasteiger charge is 2.08. The van der Waals surface area contributed by atoms with Crippen molar-refractivity contribution < 1.29 is 9.18 Å². The van der Waals surface area contributed by atoms with Gasteiger partial charge in [-0.15, -0.1) is 0 Å². The van der Waals surface area contributed by atoms with Crippen LogP contribution >= 0.6 is 0 Å². The molecule has 1 aromatic heterocycles. The van der Waals surface area contributed by atoms with Crippen LogP contribution in [0.15, 0.2) is 66.9 Å². The Balaban J connectivity index is 1.64. The fourth-order valence-electron chi connectivity index (χ4n) is 2.48. The number of rotatable bonds is 5. The van der Waals surface area contributed by atoms with Crippen molar-refractivity contribution in [2.24, 2.45) is 0 Å². The number of nitrogens with one attached hydrogen (secondary N) is 2. The van der Waals surface area contributed by atoms with Gasteiger partial charge in [-0.1, -0.05) is 32.0 Å². The molecule has 0 bridgehead atoms. The SMILES string of the molecule is CC(C)c1ccc(Nc2ccc(NC(=O)c3cccc(F)c3)nc2)cc1. The Morgan fingerprint density at radius 2 is 1.73 bits per heavy atom. The maximum atomic E-state index is 13.2. The van der Waals surface area contributed by atoms with Gasteiger partial charge in [0.05, 0.1) is 11.9 Å². The number of halogens is 1. The van der Waals surface area contributed by atoms with Crippen LogP contribution in [0.1, 0.15) is 35.7 Å². The van der Waals surface area contributed by atoms with Crippen LogP contribution in [0.25, 0.3) is 0 Å². The molecule has 3 rings (SSSR count). The summed E-state index contributed by atoms with van der Waals surface area (Å²) in [5.41, 5.74) is 3.31. The monoisotopic (exact) mass is 349 g/mol. The molecule has 0 spiro atoms. The van der Waals surface area contributed by atoms with E-state index in [4.69, 9.17) is 0 Å². The molecule has 0 radical (unpaired) electrons. The van der Waals surface area contributed by atoms with Gasteiger partial charge >= 0.3 is 0 Å². The topological polar surface area (TPSA) is 54.0 Å². The molecule has 26 heavy (non-hydrogen) atoms.